The third-order valence-corrected chi connectivity index (χ3v) is 1.51. The summed E-state index contributed by atoms with van der Waals surface area (Å²) in [7, 11) is 0. The topological polar surface area (TPSA) is 56.5 Å². The summed E-state index contributed by atoms with van der Waals surface area (Å²) in [5.41, 5.74) is -0.174. The Bertz CT molecular complexity index is 364. The maximum atomic E-state index is 11.2. The number of carbonyl (C=O) groups is 1. The predicted octanol–water partition coefficient (Wildman–Crippen LogP) is 1.12. The van der Waals surface area contributed by atoms with Crippen LogP contribution in [-0.4, -0.2) is 12.6 Å². The Labute approximate surface area is 75.1 Å². The van der Waals surface area contributed by atoms with Crippen molar-refractivity contribution in [3.05, 3.63) is 33.9 Å². The smallest absolute Gasteiger partial charge is 0.341 e. The van der Waals surface area contributed by atoms with Gasteiger partial charge in [-0.15, -0.1) is 0 Å². The molecule has 0 spiro atoms. The molecular weight excluding hydrogens is 172 g/mol. The SMILES string of the molecule is CCOC(=O)c1ccc(=O)oc1C. The van der Waals surface area contributed by atoms with Crippen molar-refractivity contribution < 1.29 is 13.9 Å². The summed E-state index contributed by atoms with van der Waals surface area (Å²) in [6.07, 6.45) is 0. The summed E-state index contributed by atoms with van der Waals surface area (Å²) >= 11 is 0. The maximum absolute atomic E-state index is 11.2. The fourth-order valence-electron chi connectivity index (χ4n) is 0.929. The van der Waals surface area contributed by atoms with Gasteiger partial charge in [0.2, 0.25) is 0 Å². The molecule has 4 nitrogen and oxygen atoms in total. The molecule has 0 N–H and O–H groups in total. The second-order valence-corrected chi connectivity index (χ2v) is 2.44. The summed E-state index contributed by atoms with van der Waals surface area (Å²) in [6.45, 7) is 3.57. The van der Waals surface area contributed by atoms with Gasteiger partial charge in [-0.3, -0.25) is 0 Å². The lowest BCUT2D eigenvalue weighted by Gasteiger charge is -2.02. The van der Waals surface area contributed by atoms with Crippen LogP contribution in [0.3, 0.4) is 0 Å². The van der Waals surface area contributed by atoms with E-state index in [4.69, 9.17) is 9.15 Å². The minimum Gasteiger partial charge on any atom is -0.462 e. The second kappa shape index (κ2) is 3.89. The molecule has 1 rings (SSSR count). The molecule has 0 saturated heterocycles. The van der Waals surface area contributed by atoms with E-state index >= 15 is 0 Å². The van der Waals surface area contributed by atoms with Gasteiger partial charge >= 0.3 is 11.6 Å². The van der Waals surface area contributed by atoms with Gasteiger partial charge in [-0.1, -0.05) is 0 Å². The van der Waals surface area contributed by atoms with Crippen molar-refractivity contribution in [1.29, 1.82) is 0 Å². The molecule has 0 aromatic carbocycles. The van der Waals surface area contributed by atoms with Crippen LogP contribution in [0.2, 0.25) is 0 Å². The van der Waals surface area contributed by atoms with Crippen LogP contribution in [0.25, 0.3) is 0 Å². The molecule has 0 fully saturated rings. The van der Waals surface area contributed by atoms with Crippen molar-refractivity contribution >= 4 is 5.97 Å². The molecule has 1 aromatic heterocycles. The molecule has 0 atom stereocenters. The van der Waals surface area contributed by atoms with Gasteiger partial charge in [0.1, 0.15) is 5.76 Å². The van der Waals surface area contributed by atoms with Gasteiger partial charge in [0, 0.05) is 6.07 Å². The molecule has 1 aromatic rings. The van der Waals surface area contributed by atoms with E-state index in [1.165, 1.54) is 12.1 Å². The molecule has 13 heavy (non-hydrogen) atoms. The Hall–Kier alpha value is -1.58. The standard InChI is InChI=1S/C9H10O4/c1-3-12-9(11)7-4-5-8(10)13-6(7)2/h4-5H,3H2,1-2H3. The lowest BCUT2D eigenvalue weighted by Crippen LogP contribution is -2.09. The highest BCUT2D eigenvalue weighted by molar-refractivity contribution is 5.90. The molecule has 70 valence electrons. The summed E-state index contributed by atoms with van der Waals surface area (Å²) in [5.74, 6) is -0.185. The first-order valence-electron chi connectivity index (χ1n) is 3.93. The highest BCUT2D eigenvalue weighted by Crippen LogP contribution is 2.05. The van der Waals surface area contributed by atoms with Gasteiger partial charge in [0.05, 0.1) is 12.2 Å². The minimum absolute atomic E-state index is 0.283. The quantitative estimate of drug-likeness (QED) is 0.643. The normalized spacial score (nSPS) is 9.69. The zero-order chi connectivity index (χ0) is 9.84. The lowest BCUT2D eigenvalue weighted by atomic mass is 10.2. The Morgan fingerprint density at radius 3 is 2.77 bits per heavy atom. The maximum Gasteiger partial charge on any atom is 0.341 e. The van der Waals surface area contributed by atoms with Crippen LogP contribution in [0.5, 0.6) is 0 Å². The van der Waals surface area contributed by atoms with E-state index < -0.39 is 11.6 Å². The minimum atomic E-state index is -0.469. The van der Waals surface area contributed by atoms with Crippen LogP contribution in [0, 0.1) is 6.92 Å². The molecule has 0 saturated carbocycles. The molecule has 4 heteroatoms. The van der Waals surface area contributed by atoms with E-state index in [1.807, 2.05) is 0 Å². The number of carbonyl (C=O) groups excluding carboxylic acids is 1. The third kappa shape index (κ3) is 2.18. The second-order valence-electron chi connectivity index (χ2n) is 2.44. The van der Waals surface area contributed by atoms with E-state index in [2.05, 4.69) is 0 Å². The van der Waals surface area contributed by atoms with Crippen molar-refractivity contribution in [2.75, 3.05) is 6.61 Å². The van der Waals surface area contributed by atoms with Crippen molar-refractivity contribution in [3.63, 3.8) is 0 Å². The monoisotopic (exact) mass is 182 g/mol. The van der Waals surface area contributed by atoms with Gasteiger partial charge in [-0.05, 0) is 19.9 Å². The van der Waals surface area contributed by atoms with Gasteiger partial charge in [-0.2, -0.15) is 0 Å². The van der Waals surface area contributed by atoms with Gasteiger partial charge in [0.15, 0.2) is 0 Å². The molecule has 1 heterocycles. The molecule has 0 bridgehead atoms. The van der Waals surface area contributed by atoms with Crippen molar-refractivity contribution in [1.82, 2.24) is 0 Å². The first-order valence-corrected chi connectivity index (χ1v) is 3.93. The van der Waals surface area contributed by atoms with E-state index in [0.29, 0.717) is 12.2 Å². The average Bonchev–Trinajstić information content (AvgIpc) is 2.04. The first kappa shape index (κ1) is 9.51. The van der Waals surface area contributed by atoms with Crippen LogP contribution < -0.4 is 5.63 Å². The fraction of sp³-hybridized carbons (Fsp3) is 0.333. The van der Waals surface area contributed by atoms with Crippen LogP contribution in [-0.2, 0) is 4.74 Å². The zero-order valence-corrected chi connectivity index (χ0v) is 7.49. The summed E-state index contributed by atoms with van der Waals surface area (Å²) in [5, 5.41) is 0. The molecule has 0 aliphatic heterocycles. The number of hydrogen-bond acceptors (Lipinski definition) is 4. The number of aryl methyl sites for hydroxylation is 1. The summed E-state index contributed by atoms with van der Waals surface area (Å²) < 4.78 is 9.47. The molecule has 0 aliphatic carbocycles. The molecular formula is C9H10O4. The van der Waals surface area contributed by atoms with Crippen LogP contribution in [0.4, 0.5) is 0 Å². The van der Waals surface area contributed by atoms with Crippen molar-refractivity contribution in [2.45, 2.75) is 13.8 Å². The van der Waals surface area contributed by atoms with Crippen molar-refractivity contribution in [3.8, 4) is 0 Å². The summed E-state index contributed by atoms with van der Waals surface area (Å²) in [6, 6.07) is 2.60. The number of ether oxygens (including phenoxy) is 1. The zero-order valence-electron chi connectivity index (χ0n) is 7.49. The molecule has 0 amide bonds. The molecule has 0 unspecified atom stereocenters. The molecule has 0 radical (unpaired) electrons. The van der Waals surface area contributed by atoms with Crippen molar-refractivity contribution in [2.24, 2.45) is 0 Å². The Balaban J connectivity index is 3.02. The number of esters is 1. The van der Waals surface area contributed by atoms with Crippen LogP contribution in [0.15, 0.2) is 21.3 Å². The fourth-order valence-corrected chi connectivity index (χ4v) is 0.929. The Morgan fingerprint density at radius 1 is 1.54 bits per heavy atom. The third-order valence-electron chi connectivity index (χ3n) is 1.51. The largest absolute Gasteiger partial charge is 0.462 e. The molecule has 0 aliphatic rings. The van der Waals surface area contributed by atoms with Gasteiger partial charge in [0.25, 0.3) is 0 Å². The van der Waals surface area contributed by atoms with E-state index in [1.54, 1.807) is 13.8 Å². The highest BCUT2D eigenvalue weighted by atomic mass is 16.5. The number of hydrogen-bond donors (Lipinski definition) is 0. The highest BCUT2D eigenvalue weighted by Gasteiger charge is 2.11. The first-order chi connectivity index (χ1) is 6.15. The van der Waals surface area contributed by atoms with Gasteiger partial charge in [-0.25, -0.2) is 9.59 Å². The predicted molar refractivity (Wildman–Crippen MR) is 45.7 cm³/mol. The summed E-state index contributed by atoms with van der Waals surface area (Å²) in [4.78, 5) is 21.9. The van der Waals surface area contributed by atoms with E-state index in [9.17, 15) is 9.59 Å². The van der Waals surface area contributed by atoms with Crippen LogP contribution in [0.1, 0.15) is 23.0 Å². The Kier molecular flexibility index (Phi) is 2.84. The van der Waals surface area contributed by atoms with Gasteiger partial charge < -0.3 is 9.15 Å². The van der Waals surface area contributed by atoms with E-state index in [0.717, 1.165) is 0 Å². The lowest BCUT2D eigenvalue weighted by molar-refractivity contribution is 0.0522. The average molecular weight is 182 g/mol. The van der Waals surface area contributed by atoms with Crippen LogP contribution >= 0.6 is 0 Å². The number of rotatable bonds is 2. The Morgan fingerprint density at radius 2 is 2.23 bits per heavy atom. The van der Waals surface area contributed by atoms with E-state index in [-0.39, 0.29) is 5.76 Å².